The molecule has 90 valence electrons. The van der Waals surface area contributed by atoms with Gasteiger partial charge in [-0.3, -0.25) is 14.4 Å². The summed E-state index contributed by atoms with van der Waals surface area (Å²) in [6.45, 7) is 0. The number of carbonyl (C=O) groups excluding carboxylic acids is 2. The molecule has 5 nitrogen and oxygen atoms in total. The largest absolute Gasteiger partial charge is 0.464 e. The second-order valence-electron chi connectivity index (χ2n) is 4.06. The van der Waals surface area contributed by atoms with Crippen LogP contribution in [-0.2, 0) is 9.59 Å². The Morgan fingerprint density at radius 1 is 1.00 bits per heavy atom. The Labute approximate surface area is 102 Å². The molecular formula is C13H9NO4. The van der Waals surface area contributed by atoms with Gasteiger partial charge in [0.15, 0.2) is 5.43 Å². The van der Waals surface area contributed by atoms with Gasteiger partial charge in [-0.15, -0.1) is 0 Å². The molecule has 2 heterocycles. The highest BCUT2D eigenvalue weighted by molar-refractivity contribution is 6.22. The van der Waals surface area contributed by atoms with E-state index in [4.69, 9.17) is 4.42 Å². The molecule has 3 rings (SSSR count). The van der Waals surface area contributed by atoms with E-state index in [1.165, 1.54) is 12.3 Å². The Morgan fingerprint density at radius 2 is 1.72 bits per heavy atom. The minimum atomic E-state index is -0.282. The monoisotopic (exact) mass is 243 g/mol. The highest BCUT2D eigenvalue weighted by atomic mass is 16.3. The Kier molecular flexibility index (Phi) is 2.26. The van der Waals surface area contributed by atoms with Gasteiger partial charge < -0.3 is 4.42 Å². The summed E-state index contributed by atoms with van der Waals surface area (Å²) in [7, 11) is 0. The lowest BCUT2D eigenvalue weighted by atomic mass is 10.1. The molecule has 0 N–H and O–H groups in total. The molecule has 1 aliphatic rings. The van der Waals surface area contributed by atoms with Crippen LogP contribution in [0.4, 0.5) is 5.69 Å². The number of fused-ring (bicyclic) bond motifs is 1. The minimum absolute atomic E-state index is 0.188. The molecule has 1 aromatic carbocycles. The lowest BCUT2D eigenvalue weighted by Crippen LogP contribution is -2.29. The van der Waals surface area contributed by atoms with Crippen molar-refractivity contribution in [1.82, 2.24) is 0 Å². The van der Waals surface area contributed by atoms with Crippen LogP contribution < -0.4 is 10.3 Å². The van der Waals surface area contributed by atoms with Gasteiger partial charge in [-0.1, -0.05) is 6.07 Å². The van der Waals surface area contributed by atoms with Crippen molar-refractivity contribution in [1.29, 1.82) is 0 Å². The van der Waals surface area contributed by atoms with Gasteiger partial charge in [-0.05, 0) is 12.1 Å². The summed E-state index contributed by atoms with van der Waals surface area (Å²) in [5.74, 6) is -0.563. The lowest BCUT2D eigenvalue weighted by Gasteiger charge is -2.15. The predicted octanol–water partition coefficient (Wildman–Crippen LogP) is 1.45. The molecule has 0 radical (unpaired) electrons. The summed E-state index contributed by atoms with van der Waals surface area (Å²) in [6, 6.07) is 6.14. The molecule has 0 aliphatic carbocycles. The maximum atomic E-state index is 11.9. The van der Waals surface area contributed by atoms with E-state index in [9.17, 15) is 14.4 Å². The first-order chi connectivity index (χ1) is 8.68. The van der Waals surface area contributed by atoms with Crippen molar-refractivity contribution >= 4 is 28.5 Å². The molecule has 18 heavy (non-hydrogen) atoms. The standard InChI is InChI=1S/C13H9NO4/c15-9-6-7-18-10-3-1-2-8(13(9)10)14-11(16)4-5-12(14)17/h1-3,6-7H,4-5H2. The number of nitrogens with zero attached hydrogens (tertiary/aromatic N) is 1. The van der Waals surface area contributed by atoms with Gasteiger partial charge in [-0.2, -0.15) is 0 Å². The zero-order valence-corrected chi connectivity index (χ0v) is 9.38. The third-order valence-electron chi connectivity index (χ3n) is 2.96. The molecule has 5 heteroatoms. The summed E-state index contributed by atoms with van der Waals surface area (Å²) in [6.07, 6.45) is 1.67. The molecule has 0 bridgehead atoms. The average molecular weight is 243 g/mol. The van der Waals surface area contributed by atoms with Crippen molar-refractivity contribution in [3.8, 4) is 0 Å². The van der Waals surface area contributed by atoms with E-state index in [1.54, 1.807) is 18.2 Å². The van der Waals surface area contributed by atoms with Gasteiger partial charge >= 0.3 is 0 Å². The van der Waals surface area contributed by atoms with Gasteiger partial charge in [-0.25, -0.2) is 4.90 Å². The van der Waals surface area contributed by atoms with Crippen LogP contribution in [0.5, 0.6) is 0 Å². The highest BCUT2D eigenvalue weighted by Gasteiger charge is 2.31. The van der Waals surface area contributed by atoms with Crippen molar-refractivity contribution in [2.75, 3.05) is 4.90 Å². The van der Waals surface area contributed by atoms with Crippen LogP contribution >= 0.6 is 0 Å². The first kappa shape index (κ1) is 10.7. The van der Waals surface area contributed by atoms with E-state index in [1.807, 2.05) is 0 Å². The topological polar surface area (TPSA) is 67.6 Å². The number of imide groups is 1. The Morgan fingerprint density at radius 3 is 2.44 bits per heavy atom. The predicted molar refractivity (Wildman–Crippen MR) is 64.2 cm³/mol. The summed E-state index contributed by atoms with van der Waals surface area (Å²) in [5.41, 5.74) is 0.418. The fourth-order valence-electron chi connectivity index (χ4n) is 2.15. The van der Waals surface area contributed by atoms with Crippen LogP contribution in [0.1, 0.15) is 12.8 Å². The first-order valence-corrected chi connectivity index (χ1v) is 5.55. The first-order valence-electron chi connectivity index (χ1n) is 5.55. The second kappa shape index (κ2) is 3.80. The van der Waals surface area contributed by atoms with E-state index >= 15 is 0 Å². The van der Waals surface area contributed by atoms with Gasteiger partial charge in [0.1, 0.15) is 5.58 Å². The third kappa shape index (κ3) is 1.44. The van der Waals surface area contributed by atoms with Crippen molar-refractivity contribution in [2.45, 2.75) is 12.8 Å². The smallest absolute Gasteiger partial charge is 0.234 e. The lowest BCUT2D eigenvalue weighted by molar-refractivity contribution is -0.121. The van der Waals surface area contributed by atoms with Gasteiger partial charge in [0, 0.05) is 18.9 Å². The Hall–Kier alpha value is -2.43. The molecule has 0 unspecified atom stereocenters. The molecule has 1 aliphatic heterocycles. The van der Waals surface area contributed by atoms with E-state index in [2.05, 4.69) is 0 Å². The zero-order chi connectivity index (χ0) is 12.7. The number of hydrogen-bond donors (Lipinski definition) is 0. The van der Waals surface area contributed by atoms with Crippen LogP contribution in [0, 0.1) is 0 Å². The minimum Gasteiger partial charge on any atom is -0.464 e. The van der Waals surface area contributed by atoms with Crippen molar-refractivity contribution in [3.05, 3.63) is 40.8 Å². The van der Waals surface area contributed by atoms with Gasteiger partial charge in [0.25, 0.3) is 0 Å². The third-order valence-corrected chi connectivity index (χ3v) is 2.96. The number of rotatable bonds is 1. The number of benzene rings is 1. The summed E-state index contributed by atoms with van der Waals surface area (Å²) in [5, 5.41) is 0.267. The molecular weight excluding hydrogens is 234 g/mol. The number of carbonyl (C=O) groups is 2. The van der Waals surface area contributed by atoms with Crippen LogP contribution in [0.3, 0.4) is 0 Å². The number of anilines is 1. The van der Waals surface area contributed by atoms with E-state index in [0.717, 1.165) is 4.90 Å². The summed E-state index contributed by atoms with van der Waals surface area (Å²) < 4.78 is 5.21. The Balaban J connectivity index is 2.33. The van der Waals surface area contributed by atoms with E-state index in [0.29, 0.717) is 11.3 Å². The number of hydrogen-bond acceptors (Lipinski definition) is 4. The van der Waals surface area contributed by atoms with Crippen LogP contribution in [0.15, 0.2) is 39.7 Å². The summed E-state index contributed by atoms with van der Waals surface area (Å²) >= 11 is 0. The normalized spacial score (nSPS) is 15.7. The average Bonchev–Trinajstić information content (AvgIpc) is 2.69. The highest BCUT2D eigenvalue weighted by Crippen LogP contribution is 2.28. The van der Waals surface area contributed by atoms with Crippen LogP contribution in [0.25, 0.3) is 11.0 Å². The quantitative estimate of drug-likeness (QED) is 0.711. The molecule has 0 saturated carbocycles. The second-order valence-corrected chi connectivity index (χ2v) is 4.06. The van der Waals surface area contributed by atoms with Crippen LogP contribution in [-0.4, -0.2) is 11.8 Å². The van der Waals surface area contributed by atoms with Crippen molar-refractivity contribution < 1.29 is 14.0 Å². The van der Waals surface area contributed by atoms with E-state index < -0.39 is 0 Å². The fourth-order valence-corrected chi connectivity index (χ4v) is 2.15. The van der Waals surface area contributed by atoms with Crippen LogP contribution in [0.2, 0.25) is 0 Å². The van der Waals surface area contributed by atoms with Gasteiger partial charge in [0.05, 0.1) is 17.3 Å². The van der Waals surface area contributed by atoms with Gasteiger partial charge in [0.2, 0.25) is 11.8 Å². The molecule has 1 aromatic heterocycles. The molecule has 1 saturated heterocycles. The number of amides is 2. The molecule has 2 aromatic rings. The molecule has 0 atom stereocenters. The summed E-state index contributed by atoms with van der Waals surface area (Å²) in [4.78, 5) is 36.4. The van der Waals surface area contributed by atoms with Crippen molar-refractivity contribution in [3.63, 3.8) is 0 Å². The Bertz CT molecular complexity index is 695. The SMILES string of the molecule is O=C1CCC(=O)N1c1cccc2occc(=O)c12. The maximum absolute atomic E-state index is 11.9. The molecule has 0 spiro atoms. The molecule has 1 fully saturated rings. The zero-order valence-electron chi connectivity index (χ0n) is 9.38. The van der Waals surface area contributed by atoms with E-state index in [-0.39, 0.29) is 35.5 Å². The fraction of sp³-hybridized carbons (Fsp3) is 0.154. The van der Waals surface area contributed by atoms with Crippen molar-refractivity contribution in [2.24, 2.45) is 0 Å². The maximum Gasteiger partial charge on any atom is 0.234 e. The molecule has 2 amide bonds.